The van der Waals surface area contributed by atoms with Crippen LogP contribution in [-0.4, -0.2) is 76.3 Å². The van der Waals surface area contributed by atoms with Crippen molar-refractivity contribution in [2.24, 2.45) is 5.92 Å². The van der Waals surface area contributed by atoms with Crippen LogP contribution in [0.15, 0.2) is 23.1 Å². The van der Waals surface area contributed by atoms with Crippen LogP contribution in [0, 0.1) is 5.92 Å². The molecule has 0 radical (unpaired) electrons. The van der Waals surface area contributed by atoms with Crippen molar-refractivity contribution in [2.45, 2.75) is 24.7 Å². The Kier molecular flexibility index (Phi) is 8.22. The average Bonchev–Trinajstić information content (AvgIpc) is 2.73. The van der Waals surface area contributed by atoms with E-state index < -0.39 is 15.9 Å². The summed E-state index contributed by atoms with van der Waals surface area (Å²) >= 11 is 6.08. The number of benzene rings is 1. The zero-order chi connectivity index (χ0) is 22.5. The lowest BCUT2D eigenvalue weighted by Crippen LogP contribution is -2.45. The van der Waals surface area contributed by atoms with Gasteiger partial charge in [-0.1, -0.05) is 11.6 Å². The molecule has 1 aliphatic heterocycles. The molecule has 0 aliphatic carbocycles. The normalized spacial score (nSPS) is 15.0. The first-order chi connectivity index (χ1) is 14.1. The molecule has 0 aromatic heterocycles. The summed E-state index contributed by atoms with van der Waals surface area (Å²) in [4.78, 5) is 39.8. The van der Waals surface area contributed by atoms with Crippen LogP contribution in [0.25, 0.3) is 0 Å². The summed E-state index contributed by atoms with van der Waals surface area (Å²) < 4.78 is 31.2. The molecule has 0 spiro atoms. The molecule has 11 heteroatoms. The Balaban J connectivity index is 2.02. The number of hydrogen-bond acceptors (Lipinski definition) is 6. The van der Waals surface area contributed by atoms with Gasteiger partial charge in [0.15, 0.2) is 0 Å². The molecule has 1 fully saturated rings. The molecule has 0 saturated carbocycles. The monoisotopic (exact) mass is 459 g/mol. The van der Waals surface area contributed by atoms with Crippen LogP contribution in [0.5, 0.6) is 0 Å². The number of halogens is 1. The standard InChI is InChI=1S/C19H26ClN3O6S/c1-4-29-19(26)13-7-9-23(10-8-13)17(24)12-22(3)18(25)15-11-14(5-6-16(15)20)30(27,28)21-2/h5-6,11,13,21H,4,7-10,12H2,1-3H3. The third kappa shape index (κ3) is 5.71. The lowest BCUT2D eigenvalue weighted by molar-refractivity contribution is -0.151. The Morgan fingerprint density at radius 2 is 1.90 bits per heavy atom. The van der Waals surface area contributed by atoms with Crippen molar-refractivity contribution in [2.75, 3.05) is 40.3 Å². The molecule has 0 unspecified atom stereocenters. The number of carbonyl (C=O) groups is 3. The number of likely N-dealkylation sites (N-methyl/N-ethyl adjacent to an activating group) is 1. The molecular formula is C19H26ClN3O6S. The molecule has 1 saturated heterocycles. The number of hydrogen-bond donors (Lipinski definition) is 1. The molecule has 1 N–H and O–H groups in total. The van der Waals surface area contributed by atoms with Gasteiger partial charge in [0.05, 0.1) is 34.6 Å². The quantitative estimate of drug-likeness (QED) is 0.611. The van der Waals surface area contributed by atoms with Gasteiger partial charge in [-0.15, -0.1) is 0 Å². The largest absolute Gasteiger partial charge is 0.466 e. The summed E-state index contributed by atoms with van der Waals surface area (Å²) in [5.41, 5.74) is -0.00990. The highest BCUT2D eigenvalue weighted by molar-refractivity contribution is 7.89. The van der Waals surface area contributed by atoms with Crippen molar-refractivity contribution in [3.63, 3.8) is 0 Å². The Morgan fingerprint density at radius 1 is 1.27 bits per heavy atom. The van der Waals surface area contributed by atoms with Gasteiger partial charge in [-0.25, -0.2) is 13.1 Å². The predicted molar refractivity (Wildman–Crippen MR) is 111 cm³/mol. The fourth-order valence-corrected chi connectivity index (χ4v) is 4.11. The summed E-state index contributed by atoms with van der Waals surface area (Å²) in [6.07, 6.45) is 1.02. The summed E-state index contributed by atoms with van der Waals surface area (Å²) in [5, 5.41) is 0.0876. The number of piperidine rings is 1. The fourth-order valence-electron chi connectivity index (χ4n) is 3.16. The molecular weight excluding hydrogens is 434 g/mol. The lowest BCUT2D eigenvalue weighted by atomic mass is 9.97. The minimum atomic E-state index is -3.75. The Hall–Kier alpha value is -2.17. The van der Waals surface area contributed by atoms with E-state index in [1.54, 1.807) is 11.8 Å². The van der Waals surface area contributed by atoms with E-state index in [1.807, 2.05) is 0 Å². The number of nitrogens with one attached hydrogen (secondary N) is 1. The van der Waals surface area contributed by atoms with E-state index in [0.717, 1.165) is 0 Å². The highest BCUT2D eigenvalue weighted by atomic mass is 35.5. The molecule has 9 nitrogen and oxygen atoms in total. The van der Waals surface area contributed by atoms with Crippen LogP contribution in [-0.2, 0) is 24.3 Å². The van der Waals surface area contributed by atoms with E-state index in [4.69, 9.17) is 16.3 Å². The van der Waals surface area contributed by atoms with Crippen molar-refractivity contribution in [3.05, 3.63) is 28.8 Å². The van der Waals surface area contributed by atoms with E-state index in [2.05, 4.69) is 4.72 Å². The number of sulfonamides is 1. The number of ether oxygens (including phenoxy) is 1. The van der Waals surface area contributed by atoms with Gasteiger partial charge in [0.1, 0.15) is 0 Å². The summed E-state index contributed by atoms with van der Waals surface area (Å²) in [7, 11) is -1.03. The van der Waals surface area contributed by atoms with Crippen LogP contribution in [0.3, 0.4) is 0 Å². The van der Waals surface area contributed by atoms with Gasteiger partial charge < -0.3 is 14.5 Å². The van der Waals surface area contributed by atoms with Gasteiger partial charge in [0, 0.05) is 20.1 Å². The topological polar surface area (TPSA) is 113 Å². The first-order valence-corrected chi connectivity index (χ1v) is 11.4. The molecule has 1 aliphatic rings. The number of likely N-dealkylation sites (tertiary alicyclic amines) is 1. The second-order valence-electron chi connectivity index (χ2n) is 6.92. The molecule has 2 rings (SSSR count). The SMILES string of the molecule is CCOC(=O)C1CCN(C(=O)CN(C)C(=O)c2cc(S(=O)(=O)NC)ccc2Cl)CC1. The molecule has 166 valence electrons. The van der Waals surface area contributed by atoms with E-state index >= 15 is 0 Å². The molecule has 2 amide bonds. The Bertz CT molecular complexity index is 913. The minimum absolute atomic E-state index is 0.00990. The second-order valence-corrected chi connectivity index (χ2v) is 9.21. The third-order valence-electron chi connectivity index (χ3n) is 4.93. The maximum atomic E-state index is 12.8. The van der Waals surface area contributed by atoms with Gasteiger partial charge in [0.25, 0.3) is 5.91 Å². The summed E-state index contributed by atoms with van der Waals surface area (Å²) in [5.74, 6) is -1.29. The van der Waals surface area contributed by atoms with Crippen molar-refractivity contribution < 1.29 is 27.5 Å². The summed E-state index contributed by atoms with van der Waals surface area (Å²) in [6, 6.07) is 3.81. The number of rotatable bonds is 7. The smallest absolute Gasteiger partial charge is 0.309 e. The molecule has 30 heavy (non-hydrogen) atoms. The maximum Gasteiger partial charge on any atom is 0.309 e. The molecule has 1 aromatic carbocycles. The first kappa shape index (κ1) is 24.1. The number of esters is 1. The van der Waals surface area contributed by atoms with E-state index in [1.165, 1.54) is 37.2 Å². The van der Waals surface area contributed by atoms with E-state index in [-0.39, 0.29) is 39.8 Å². The fraction of sp³-hybridized carbons (Fsp3) is 0.526. The predicted octanol–water partition coefficient (Wildman–Crippen LogP) is 1.12. The van der Waals surface area contributed by atoms with Crippen LogP contribution >= 0.6 is 11.6 Å². The number of amides is 2. The molecule has 0 atom stereocenters. The third-order valence-corrected chi connectivity index (χ3v) is 6.68. The van der Waals surface area contributed by atoms with Gasteiger partial charge in [-0.3, -0.25) is 14.4 Å². The number of nitrogens with zero attached hydrogens (tertiary/aromatic N) is 2. The second kappa shape index (κ2) is 10.2. The van der Waals surface area contributed by atoms with Crippen LogP contribution in [0.2, 0.25) is 5.02 Å². The highest BCUT2D eigenvalue weighted by Gasteiger charge is 2.29. The van der Waals surface area contributed by atoms with Crippen molar-refractivity contribution in [1.82, 2.24) is 14.5 Å². The zero-order valence-electron chi connectivity index (χ0n) is 17.2. The minimum Gasteiger partial charge on any atom is -0.466 e. The van der Waals surface area contributed by atoms with Crippen LogP contribution < -0.4 is 4.72 Å². The van der Waals surface area contributed by atoms with E-state index in [0.29, 0.717) is 32.5 Å². The first-order valence-electron chi connectivity index (χ1n) is 9.53. The van der Waals surface area contributed by atoms with Crippen molar-refractivity contribution >= 4 is 39.4 Å². The Morgan fingerprint density at radius 3 is 2.47 bits per heavy atom. The highest BCUT2D eigenvalue weighted by Crippen LogP contribution is 2.22. The maximum absolute atomic E-state index is 12.8. The van der Waals surface area contributed by atoms with Gasteiger partial charge >= 0.3 is 5.97 Å². The zero-order valence-corrected chi connectivity index (χ0v) is 18.8. The molecule has 1 heterocycles. The van der Waals surface area contributed by atoms with Crippen LogP contribution in [0.4, 0.5) is 0 Å². The van der Waals surface area contributed by atoms with Gasteiger partial charge in [-0.2, -0.15) is 0 Å². The summed E-state index contributed by atoms with van der Waals surface area (Å²) in [6.45, 7) is 2.69. The van der Waals surface area contributed by atoms with Crippen molar-refractivity contribution in [1.29, 1.82) is 0 Å². The van der Waals surface area contributed by atoms with Crippen LogP contribution in [0.1, 0.15) is 30.1 Å². The van der Waals surface area contributed by atoms with Gasteiger partial charge in [0.2, 0.25) is 15.9 Å². The average molecular weight is 460 g/mol. The molecule has 1 aromatic rings. The van der Waals surface area contributed by atoms with Gasteiger partial charge in [-0.05, 0) is 45.0 Å². The lowest BCUT2D eigenvalue weighted by Gasteiger charge is -2.32. The van der Waals surface area contributed by atoms with E-state index in [9.17, 15) is 22.8 Å². The van der Waals surface area contributed by atoms with Crippen molar-refractivity contribution in [3.8, 4) is 0 Å². The number of carbonyl (C=O) groups excluding carboxylic acids is 3. The molecule has 0 bridgehead atoms. The Labute approximate surface area is 181 Å².